The molecule has 1 aliphatic heterocycles. The number of carbonyl (C=O) groups is 2. The minimum atomic E-state index is -3.60. The lowest BCUT2D eigenvalue weighted by atomic mass is 10.1. The van der Waals surface area contributed by atoms with Crippen LogP contribution in [0.4, 0.5) is 5.69 Å². The summed E-state index contributed by atoms with van der Waals surface area (Å²) in [6.07, 6.45) is 1.50. The van der Waals surface area contributed by atoms with E-state index in [-0.39, 0.29) is 37.7 Å². The van der Waals surface area contributed by atoms with E-state index in [4.69, 9.17) is 9.47 Å². The van der Waals surface area contributed by atoms with E-state index >= 15 is 0 Å². The van der Waals surface area contributed by atoms with Crippen molar-refractivity contribution in [3.8, 4) is 11.5 Å². The van der Waals surface area contributed by atoms with Gasteiger partial charge in [0.2, 0.25) is 21.8 Å². The molecule has 0 aromatic heterocycles. The maximum atomic E-state index is 13.2. The van der Waals surface area contributed by atoms with Crippen LogP contribution in [0.1, 0.15) is 30.9 Å². The molecule has 3 rings (SSSR count). The Bertz CT molecular complexity index is 1150. The molecule has 9 nitrogen and oxygen atoms in total. The van der Waals surface area contributed by atoms with Crippen molar-refractivity contribution in [1.29, 1.82) is 0 Å². The van der Waals surface area contributed by atoms with E-state index in [0.29, 0.717) is 30.4 Å². The normalized spacial score (nSPS) is 13.6. The highest BCUT2D eigenvalue weighted by atomic mass is 32.2. The Labute approximate surface area is 207 Å². The van der Waals surface area contributed by atoms with Crippen LogP contribution in [-0.2, 0) is 26.2 Å². The van der Waals surface area contributed by atoms with Crippen LogP contribution in [0.3, 0.4) is 0 Å². The minimum absolute atomic E-state index is 0.0871. The third-order valence-corrected chi connectivity index (χ3v) is 7.05. The number of carbonyl (C=O) groups excluding carboxylic acids is 2. The Morgan fingerprint density at radius 1 is 1.06 bits per heavy atom. The average molecular weight is 504 g/mol. The van der Waals surface area contributed by atoms with Gasteiger partial charge in [0, 0.05) is 32.6 Å². The second-order valence-corrected chi connectivity index (χ2v) is 10.5. The molecule has 0 spiro atoms. The number of amides is 2. The summed E-state index contributed by atoms with van der Waals surface area (Å²) in [5.41, 5.74) is 2.46. The lowest BCUT2D eigenvalue weighted by Gasteiger charge is -2.29. The van der Waals surface area contributed by atoms with Crippen LogP contribution >= 0.6 is 0 Å². The van der Waals surface area contributed by atoms with Crippen molar-refractivity contribution in [1.82, 2.24) is 10.2 Å². The molecule has 10 heteroatoms. The maximum Gasteiger partial charge on any atom is 0.242 e. The highest BCUT2D eigenvalue weighted by Gasteiger charge is 2.26. The van der Waals surface area contributed by atoms with Crippen molar-refractivity contribution < 1.29 is 27.5 Å². The van der Waals surface area contributed by atoms with Crippen molar-refractivity contribution in [2.24, 2.45) is 0 Å². The number of anilines is 1. The Kier molecular flexibility index (Phi) is 8.61. The fourth-order valence-corrected chi connectivity index (χ4v) is 4.83. The monoisotopic (exact) mass is 503 g/mol. The highest BCUT2D eigenvalue weighted by molar-refractivity contribution is 7.92. The maximum absolute atomic E-state index is 13.2. The standard InChI is InChI=1S/C25H33N3O6S/c1-18-7-9-20(10-8-18)17-27(19(2)25(30)26-3)24(29)6-5-13-28(35(4,31)32)21-11-12-22-23(16-21)34-15-14-33-22/h7-12,16,19H,5-6,13-15,17H2,1-4H3,(H,26,30)/t19-/m0/s1. The lowest BCUT2D eigenvalue weighted by molar-refractivity contribution is -0.140. The van der Waals surface area contributed by atoms with Gasteiger partial charge in [-0.3, -0.25) is 13.9 Å². The molecule has 0 saturated heterocycles. The van der Waals surface area contributed by atoms with E-state index in [1.165, 1.54) is 16.3 Å². The van der Waals surface area contributed by atoms with Crippen LogP contribution in [-0.4, -0.2) is 64.2 Å². The zero-order valence-electron chi connectivity index (χ0n) is 20.6. The van der Waals surface area contributed by atoms with Crippen LogP contribution in [0.5, 0.6) is 11.5 Å². The van der Waals surface area contributed by atoms with E-state index < -0.39 is 16.1 Å². The van der Waals surface area contributed by atoms with Gasteiger partial charge in [-0.15, -0.1) is 0 Å². The molecule has 0 unspecified atom stereocenters. The number of rotatable bonds is 10. The third kappa shape index (κ3) is 6.88. The summed E-state index contributed by atoms with van der Waals surface area (Å²) in [4.78, 5) is 27.0. The molecular weight excluding hydrogens is 470 g/mol. The SMILES string of the molecule is CNC(=O)[C@H](C)N(Cc1ccc(C)cc1)C(=O)CCCN(c1ccc2c(c1)OCCO2)S(C)(=O)=O. The number of nitrogens with zero attached hydrogens (tertiary/aromatic N) is 2. The number of hydrogen-bond donors (Lipinski definition) is 1. The van der Waals surface area contributed by atoms with Crippen molar-refractivity contribution in [2.75, 3.05) is 37.4 Å². The number of fused-ring (bicyclic) bond motifs is 1. The molecule has 35 heavy (non-hydrogen) atoms. The van der Waals surface area contributed by atoms with Gasteiger partial charge in [-0.1, -0.05) is 29.8 Å². The first kappa shape index (κ1) is 26.3. The van der Waals surface area contributed by atoms with Crippen molar-refractivity contribution in [2.45, 2.75) is 39.3 Å². The van der Waals surface area contributed by atoms with Crippen LogP contribution in [0, 0.1) is 6.92 Å². The molecule has 0 bridgehead atoms. The number of sulfonamides is 1. The van der Waals surface area contributed by atoms with Gasteiger partial charge in [-0.25, -0.2) is 8.42 Å². The predicted octanol–water partition coefficient (Wildman–Crippen LogP) is 2.48. The van der Waals surface area contributed by atoms with Gasteiger partial charge in [0.05, 0.1) is 11.9 Å². The number of hydrogen-bond acceptors (Lipinski definition) is 6. The summed E-state index contributed by atoms with van der Waals surface area (Å²) >= 11 is 0. The lowest BCUT2D eigenvalue weighted by Crippen LogP contribution is -2.46. The fourth-order valence-electron chi connectivity index (χ4n) is 3.87. The van der Waals surface area contributed by atoms with E-state index in [2.05, 4.69) is 5.32 Å². The van der Waals surface area contributed by atoms with E-state index in [1.807, 2.05) is 31.2 Å². The first-order valence-electron chi connectivity index (χ1n) is 11.5. The molecule has 1 N–H and O–H groups in total. The van der Waals surface area contributed by atoms with E-state index in [9.17, 15) is 18.0 Å². The van der Waals surface area contributed by atoms with Gasteiger partial charge in [0.15, 0.2) is 11.5 Å². The van der Waals surface area contributed by atoms with Gasteiger partial charge in [-0.05, 0) is 38.0 Å². The summed E-state index contributed by atoms with van der Waals surface area (Å²) in [6, 6.07) is 12.1. The highest BCUT2D eigenvalue weighted by Crippen LogP contribution is 2.34. The molecular formula is C25H33N3O6S. The van der Waals surface area contributed by atoms with Gasteiger partial charge in [0.1, 0.15) is 19.3 Å². The molecule has 2 aromatic carbocycles. The van der Waals surface area contributed by atoms with Crippen molar-refractivity contribution in [3.63, 3.8) is 0 Å². The van der Waals surface area contributed by atoms with Crippen molar-refractivity contribution in [3.05, 3.63) is 53.6 Å². The first-order chi connectivity index (χ1) is 16.6. The van der Waals surface area contributed by atoms with E-state index in [0.717, 1.165) is 17.4 Å². The van der Waals surface area contributed by atoms with Gasteiger partial charge >= 0.3 is 0 Å². The smallest absolute Gasteiger partial charge is 0.242 e. The molecule has 0 saturated carbocycles. The summed E-state index contributed by atoms with van der Waals surface area (Å²) in [7, 11) is -2.07. The second-order valence-electron chi connectivity index (χ2n) is 8.56. The second kappa shape index (κ2) is 11.4. The number of nitrogens with one attached hydrogen (secondary N) is 1. The Morgan fingerprint density at radius 3 is 2.34 bits per heavy atom. The third-order valence-electron chi connectivity index (χ3n) is 5.85. The molecule has 0 fully saturated rings. The van der Waals surface area contributed by atoms with Crippen LogP contribution in [0.15, 0.2) is 42.5 Å². The molecule has 2 amide bonds. The number of benzene rings is 2. The molecule has 2 aromatic rings. The zero-order valence-corrected chi connectivity index (χ0v) is 21.4. The predicted molar refractivity (Wildman–Crippen MR) is 134 cm³/mol. The van der Waals surface area contributed by atoms with Crippen molar-refractivity contribution >= 4 is 27.5 Å². The molecule has 0 radical (unpaired) electrons. The fraction of sp³-hybridized carbons (Fsp3) is 0.440. The first-order valence-corrected chi connectivity index (χ1v) is 13.4. The minimum Gasteiger partial charge on any atom is -0.486 e. The Balaban J connectivity index is 1.72. The molecule has 0 aliphatic carbocycles. The van der Waals surface area contributed by atoms with Gasteiger partial charge in [-0.2, -0.15) is 0 Å². The molecule has 1 heterocycles. The summed E-state index contributed by atoms with van der Waals surface area (Å²) in [5.74, 6) is 0.567. The van der Waals surface area contributed by atoms with Crippen LogP contribution < -0.4 is 19.1 Å². The molecule has 190 valence electrons. The summed E-state index contributed by atoms with van der Waals surface area (Å²) < 4.78 is 37.4. The summed E-state index contributed by atoms with van der Waals surface area (Å²) in [5, 5.41) is 2.59. The Morgan fingerprint density at radius 2 is 1.71 bits per heavy atom. The summed E-state index contributed by atoms with van der Waals surface area (Å²) in [6.45, 7) is 4.89. The van der Waals surface area contributed by atoms with Gasteiger partial charge in [0.25, 0.3) is 0 Å². The van der Waals surface area contributed by atoms with E-state index in [1.54, 1.807) is 25.1 Å². The van der Waals surface area contributed by atoms with Crippen LogP contribution in [0.25, 0.3) is 0 Å². The Hall–Kier alpha value is -3.27. The number of ether oxygens (including phenoxy) is 2. The van der Waals surface area contributed by atoms with Gasteiger partial charge < -0.3 is 19.7 Å². The molecule has 1 atom stereocenters. The quantitative estimate of drug-likeness (QED) is 0.534. The molecule has 1 aliphatic rings. The average Bonchev–Trinajstić information content (AvgIpc) is 2.84. The number of likely N-dealkylation sites (N-methyl/N-ethyl adjacent to an activating group) is 1. The number of aryl methyl sites for hydroxylation is 1. The zero-order chi connectivity index (χ0) is 25.6. The van der Waals surface area contributed by atoms with Crippen LogP contribution in [0.2, 0.25) is 0 Å². The largest absolute Gasteiger partial charge is 0.486 e. The topological polar surface area (TPSA) is 105 Å².